The Bertz CT molecular complexity index is 810. The molecular formula is C16H21N3O3S. The number of nitrogens with one attached hydrogen (secondary N) is 1. The maximum Gasteiger partial charge on any atom is 0.268 e. The molecule has 0 saturated carbocycles. The highest BCUT2D eigenvalue weighted by molar-refractivity contribution is 7.90. The summed E-state index contributed by atoms with van der Waals surface area (Å²) in [6.45, 7) is 6.32. The van der Waals surface area contributed by atoms with Gasteiger partial charge in [-0.3, -0.25) is 9.48 Å². The normalized spacial score (nSPS) is 11.4. The lowest BCUT2D eigenvalue weighted by molar-refractivity contribution is 0.0980. The van der Waals surface area contributed by atoms with Crippen LogP contribution in [0.25, 0.3) is 0 Å². The van der Waals surface area contributed by atoms with Crippen molar-refractivity contribution >= 4 is 15.9 Å². The van der Waals surface area contributed by atoms with Gasteiger partial charge in [0.2, 0.25) is 0 Å². The fraction of sp³-hybridized carbons (Fsp3) is 0.375. The smallest absolute Gasteiger partial charge is 0.268 e. The Morgan fingerprint density at radius 3 is 2.61 bits per heavy atom. The molecule has 6 nitrogen and oxygen atoms in total. The first-order chi connectivity index (χ1) is 10.9. The van der Waals surface area contributed by atoms with Crippen molar-refractivity contribution in [3.05, 3.63) is 47.3 Å². The van der Waals surface area contributed by atoms with Crippen molar-refractivity contribution in [1.82, 2.24) is 14.5 Å². The molecule has 0 bridgehead atoms. The predicted molar refractivity (Wildman–Crippen MR) is 87.7 cm³/mol. The molecule has 2 aromatic rings. The van der Waals surface area contributed by atoms with Crippen LogP contribution in [0.5, 0.6) is 0 Å². The predicted octanol–water partition coefficient (Wildman–Crippen LogP) is 2.28. The molecule has 0 atom stereocenters. The lowest BCUT2D eigenvalue weighted by atomic mass is 10.2. The van der Waals surface area contributed by atoms with Crippen LogP contribution in [-0.4, -0.2) is 24.1 Å². The van der Waals surface area contributed by atoms with Crippen molar-refractivity contribution < 1.29 is 13.2 Å². The molecule has 0 spiro atoms. The molecule has 23 heavy (non-hydrogen) atoms. The molecule has 0 aliphatic carbocycles. The van der Waals surface area contributed by atoms with E-state index in [9.17, 15) is 13.2 Å². The van der Waals surface area contributed by atoms with E-state index in [-0.39, 0.29) is 10.5 Å². The van der Waals surface area contributed by atoms with Crippen molar-refractivity contribution in [3.63, 3.8) is 0 Å². The van der Waals surface area contributed by atoms with Crippen LogP contribution in [0.15, 0.2) is 35.4 Å². The molecule has 0 aliphatic heterocycles. The number of benzene rings is 1. The number of amides is 1. The summed E-state index contributed by atoms with van der Waals surface area (Å²) in [5.41, 5.74) is 1.60. The van der Waals surface area contributed by atoms with E-state index in [1.165, 1.54) is 12.3 Å². The van der Waals surface area contributed by atoms with Crippen molar-refractivity contribution in [2.75, 3.05) is 0 Å². The molecule has 1 N–H and O–H groups in total. The average molecular weight is 335 g/mol. The highest BCUT2D eigenvalue weighted by Crippen LogP contribution is 2.17. The Morgan fingerprint density at radius 1 is 1.26 bits per heavy atom. The van der Waals surface area contributed by atoms with Gasteiger partial charge in [0.25, 0.3) is 15.9 Å². The SMILES string of the molecule is CCCn1ncc(C(=O)NS(=O)(=O)c2ccccc2CC)c1C. The summed E-state index contributed by atoms with van der Waals surface area (Å²) in [6.07, 6.45) is 2.85. The number of aromatic nitrogens is 2. The summed E-state index contributed by atoms with van der Waals surface area (Å²) in [5, 5.41) is 4.12. The molecule has 0 unspecified atom stereocenters. The van der Waals surface area contributed by atoms with E-state index < -0.39 is 15.9 Å². The lowest BCUT2D eigenvalue weighted by Gasteiger charge is -2.10. The summed E-state index contributed by atoms with van der Waals surface area (Å²) in [7, 11) is -3.91. The minimum Gasteiger partial charge on any atom is -0.269 e. The van der Waals surface area contributed by atoms with Crippen LogP contribution >= 0.6 is 0 Å². The summed E-state index contributed by atoms with van der Waals surface area (Å²) < 4.78 is 28.8. The quantitative estimate of drug-likeness (QED) is 0.878. The van der Waals surface area contributed by atoms with Crippen molar-refractivity contribution in [2.45, 2.75) is 45.1 Å². The van der Waals surface area contributed by atoms with Gasteiger partial charge in [-0.2, -0.15) is 5.10 Å². The van der Waals surface area contributed by atoms with Gasteiger partial charge < -0.3 is 0 Å². The van der Waals surface area contributed by atoms with Crippen LogP contribution < -0.4 is 4.72 Å². The number of hydrogen-bond donors (Lipinski definition) is 1. The van der Waals surface area contributed by atoms with Crippen LogP contribution in [0.1, 0.15) is 41.9 Å². The topological polar surface area (TPSA) is 81.1 Å². The molecule has 1 amide bonds. The van der Waals surface area contributed by atoms with Gasteiger partial charge in [-0.1, -0.05) is 32.0 Å². The Morgan fingerprint density at radius 2 is 1.96 bits per heavy atom. The number of carbonyl (C=O) groups is 1. The van der Waals surface area contributed by atoms with Gasteiger partial charge in [0.05, 0.1) is 16.7 Å². The molecule has 1 heterocycles. The third kappa shape index (κ3) is 3.61. The van der Waals surface area contributed by atoms with E-state index in [4.69, 9.17) is 0 Å². The first kappa shape index (κ1) is 17.2. The van der Waals surface area contributed by atoms with Gasteiger partial charge >= 0.3 is 0 Å². The largest absolute Gasteiger partial charge is 0.269 e. The van der Waals surface area contributed by atoms with Gasteiger partial charge in [0, 0.05) is 12.2 Å². The van der Waals surface area contributed by atoms with Gasteiger partial charge in [-0.05, 0) is 31.4 Å². The van der Waals surface area contributed by atoms with Crippen LogP contribution in [-0.2, 0) is 23.0 Å². The van der Waals surface area contributed by atoms with E-state index in [1.807, 2.05) is 13.8 Å². The van der Waals surface area contributed by atoms with Gasteiger partial charge in [-0.25, -0.2) is 13.1 Å². The average Bonchev–Trinajstić information content (AvgIpc) is 2.88. The van der Waals surface area contributed by atoms with Crippen molar-refractivity contribution in [3.8, 4) is 0 Å². The van der Waals surface area contributed by atoms with E-state index in [1.54, 1.807) is 29.8 Å². The van der Waals surface area contributed by atoms with E-state index in [0.29, 0.717) is 24.2 Å². The number of sulfonamides is 1. The fourth-order valence-electron chi connectivity index (χ4n) is 2.40. The molecular weight excluding hydrogens is 314 g/mol. The molecule has 1 aromatic carbocycles. The second-order valence-electron chi connectivity index (χ2n) is 5.26. The number of hydrogen-bond acceptors (Lipinski definition) is 4. The fourth-order valence-corrected chi connectivity index (χ4v) is 3.68. The molecule has 0 saturated heterocycles. The third-order valence-electron chi connectivity index (χ3n) is 3.65. The van der Waals surface area contributed by atoms with Crippen LogP contribution in [0.3, 0.4) is 0 Å². The van der Waals surface area contributed by atoms with Crippen molar-refractivity contribution in [2.24, 2.45) is 0 Å². The number of rotatable bonds is 6. The van der Waals surface area contributed by atoms with Crippen LogP contribution in [0.2, 0.25) is 0 Å². The van der Waals surface area contributed by atoms with Crippen LogP contribution in [0.4, 0.5) is 0 Å². The zero-order valence-electron chi connectivity index (χ0n) is 13.5. The monoisotopic (exact) mass is 335 g/mol. The highest BCUT2D eigenvalue weighted by atomic mass is 32.2. The second-order valence-corrected chi connectivity index (χ2v) is 6.91. The van der Waals surface area contributed by atoms with Gasteiger partial charge in [-0.15, -0.1) is 0 Å². The van der Waals surface area contributed by atoms with Gasteiger partial charge in [0.1, 0.15) is 0 Å². The first-order valence-corrected chi connectivity index (χ1v) is 9.06. The van der Waals surface area contributed by atoms with Gasteiger partial charge in [0.15, 0.2) is 0 Å². The van der Waals surface area contributed by atoms with Crippen LogP contribution in [0, 0.1) is 6.92 Å². The Hall–Kier alpha value is -2.15. The molecule has 7 heteroatoms. The molecule has 0 aliphatic rings. The maximum absolute atomic E-state index is 12.5. The van der Waals surface area contributed by atoms with E-state index >= 15 is 0 Å². The Balaban J connectivity index is 2.29. The second kappa shape index (κ2) is 6.95. The number of aryl methyl sites for hydroxylation is 2. The third-order valence-corrected chi connectivity index (χ3v) is 5.08. The zero-order valence-corrected chi connectivity index (χ0v) is 14.4. The maximum atomic E-state index is 12.5. The van der Waals surface area contributed by atoms with Crippen molar-refractivity contribution in [1.29, 1.82) is 0 Å². The Labute approximate surface area is 136 Å². The molecule has 124 valence electrons. The summed E-state index contributed by atoms with van der Waals surface area (Å²) in [4.78, 5) is 12.5. The molecule has 0 fully saturated rings. The summed E-state index contributed by atoms with van der Waals surface area (Å²) in [5.74, 6) is -0.657. The summed E-state index contributed by atoms with van der Waals surface area (Å²) >= 11 is 0. The minimum absolute atomic E-state index is 0.134. The Kier molecular flexibility index (Phi) is 5.20. The number of carbonyl (C=O) groups excluding carboxylic acids is 1. The zero-order chi connectivity index (χ0) is 17.0. The minimum atomic E-state index is -3.91. The van der Waals surface area contributed by atoms with E-state index in [0.717, 1.165) is 6.42 Å². The van der Waals surface area contributed by atoms with E-state index in [2.05, 4.69) is 9.82 Å². The first-order valence-electron chi connectivity index (χ1n) is 7.58. The standard InChI is InChI=1S/C16H21N3O3S/c1-4-10-19-12(3)14(11-17-19)16(20)18-23(21,22)15-9-7-6-8-13(15)5-2/h6-9,11H,4-5,10H2,1-3H3,(H,18,20). The molecule has 0 radical (unpaired) electrons. The lowest BCUT2D eigenvalue weighted by Crippen LogP contribution is -2.31. The summed E-state index contributed by atoms with van der Waals surface area (Å²) in [6, 6.07) is 6.66. The molecule has 2 rings (SSSR count). The highest BCUT2D eigenvalue weighted by Gasteiger charge is 2.23. The molecule has 1 aromatic heterocycles. The number of nitrogens with zero attached hydrogens (tertiary/aromatic N) is 2.